The van der Waals surface area contributed by atoms with Crippen LogP contribution in [0.25, 0.3) is 16.7 Å². The summed E-state index contributed by atoms with van der Waals surface area (Å²) >= 11 is 0. The van der Waals surface area contributed by atoms with E-state index >= 15 is 0 Å². The first kappa shape index (κ1) is 21.6. The summed E-state index contributed by atoms with van der Waals surface area (Å²) in [5.74, 6) is 0.932. The molecule has 0 saturated heterocycles. The molecule has 3 aromatic carbocycles. The van der Waals surface area contributed by atoms with Gasteiger partial charge in [-0.1, -0.05) is 45.0 Å². The zero-order chi connectivity index (χ0) is 22.7. The third-order valence-electron chi connectivity index (χ3n) is 5.49. The third-order valence-corrected chi connectivity index (χ3v) is 5.49. The topological polar surface area (TPSA) is 69.0 Å². The Morgan fingerprint density at radius 1 is 1.00 bits per heavy atom. The molecule has 6 heteroatoms. The zero-order valence-electron chi connectivity index (χ0n) is 18.9. The molecule has 164 valence electrons. The summed E-state index contributed by atoms with van der Waals surface area (Å²) in [5.41, 5.74) is 6.52. The molecular weight excluding hydrogens is 400 g/mol. The normalized spacial score (nSPS) is 11.2. The molecule has 6 nitrogen and oxygen atoms in total. The Kier molecular flexibility index (Phi) is 6.21. The summed E-state index contributed by atoms with van der Waals surface area (Å²) in [5, 5.41) is 12.1. The molecule has 1 aromatic heterocycles. The number of hydrogen-bond donors (Lipinski definition) is 1. The lowest BCUT2D eigenvalue weighted by Crippen LogP contribution is -2.20. The maximum absolute atomic E-state index is 12.4. The number of carbonyl (C=O) groups excluding carboxylic acids is 1. The number of rotatable bonds is 7. The lowest BCUT2D eigenvalue weighted by Gasteiger charge is -2.10. The van der Waals surface area contributed by atoms with E-state index in [1.165, 1.54) is 11.1 Å². The van der Waals surface area contributed by atoms with E-state index < -0.39 is 0 Å². The predicted octanol–water partition coefficient (Wildman–Crippen LogP) is 5.43. The molecule has 1 N–H and O–H groups in total. The number of aromatic nitrogens is 3. The number of hydrogen-bond acceptors (Lipinski definition) is 4. The minimum atomic E-state index is -0.219. The minimum Gasteiger partial charge on any atom is -0.484 e. The van der Waals surface area contributed by atoms with Gasteiger partial charge in [-0.15, -0.1) is 10.2 Å². The summed E-state index contributed by atoms with van der Waals surface area (Å²) < 4.78 is 5.61. The highest BCUT2D eigenvalue weighted by molar-refractivity contribution is 5.95. The van der Waals surface area contributed by atoms with Crippen LogP contribution in [0, 0.1) is 6.92 Å². The van der Waals surface area contributed by atoms with E-state index in [4.69, 9.17) is 4.74 Å². The molecule has 0 aliphatic carbocycles. The molecule has 0 atom stereocenters. The summed E-state index contributed by atoms with van der Waals surface area (Å²) in [6, 6.07) is 19.8. The van der Waals surface area contributed by atoms with E-state index in [9.17, 15) is 4.79 Å². The Hall–Kier alpha value is -3.67. The van der Waals surface area contributed by atoms with Gasteiger partial charge < -0.3 is 10.1 Å². The highest BCUT2D eigenvalue weighted by Gasteiger charge is 2.11. The van der Waals surface area contributed by atoms with Gasteiger partial charge in [-0.3, -0.25) is 4.79 Å². The summed E-state index contributed by atoms with van der Waals surface area (Å²) in [7, 11) is 0. The second kappa shape index (κ2) is 9.22. The lowest BCUT2D eigenvalue weighted by atomic mass is 10.0. The van der Waals surface area contributed by atoms with E-state index in [0.717, 1.165) is 28.7 Å². The summed E-state index contributed by atoms with van der Waals surface area (Å²) in [6.45, 7) is 8.32. The fourth-order valence-corrected chi connectivity index (χ4v) is 3.47. The first-order valence-corrected chi connectivity index (χ1v) is 10.9. The minimum absolute atomic E-state index is 0.0577. The van der Waals surface area contributed by atoms with Gasteiger partial charge in [0.1, 0.15) is 16.8 Å². The SMILES string of the molecule is CCc1ccc(OCC(=O)Nc2cc3nn(-c4ccc(C(C)C)cc4)nc3cc2C)cc1. The van der Waals surface area contributed by atoms with E-state index in [1.54, 1.807) is 4.80 Å². The number of aryl methyl sites for hydroxylation is 2. The standard InChI is InChI=1S/C26H28N4O2/c1-5-19-6-12-22(13-7-19)32-16-26(31)27-23-15-25-24(14-18(23)4)28-30(29-25)21-10-8-20(9-11-21)17(2)3/h6-15,17H,5,16H2,1-4H3,(H,27,31). The van der Waals surface area contributed by atoms with Crippen molar-refractivity contribution < 1.29 is 9.53 Å². The van der Waals surface area contributed by atoms with Crippen molar-refractivity contribution in [3.63, 3.8) is 0 Å². The molecule has 0 saturated carbocycles. The number of ether oxygens (including phenoxy) is 1. The van der Waals surface area contributed by atoms with Gasteiger partial charge in [0.25, 0.3) is 5.91 Å². The Morgan fingerprint density at radius 3 is 2.28 bits per heavy atom. The van der Waals surface area contributed by atoms with Gasteiger partial charge in [0.2, 0.25) is 0 Å². The number of benzene rings is 3. The fourth-order valence-electron chi connectivity index (χ4n) is 3.47. The maximum Gasteiger partial charge on any atom is 0.262 e. The first-order chi connectivity index (χ1) is 15.4. The highest BCUT2D eigenvalue weighted by atomic mass is 16.5. The summed E-state index contributed by atoms with van der Waals surface area (Å²) in [6.07, 6.45) is 0.969. The molecule has 0 unspecified atom stereocenters. The second-order valence-electron chi connectivity index (χ2n) is 8.23. The number of nitrogens with one attached hydrogen (secondary N) is 1. The van der Waals surface area contributed by atoms with Crippen LogP contribution in [0.1, 0.15) is 43.4 Å². The average molecular weight is 429 g/mol. The van der Waals surface area contributed by atoms with Gasteiger partial charge in [-0.05, 0) is 72.4 Å². The Balaban J connectivity index is 1.46. The second-order valence-corrected chi connectivity index (χ2v) is 8.23. The maximum atomic E-state index is 12.4. The Morgan fingerprint density at radius 2 is 1.66 bits per heavy atom. The average Bonchev–Trinajstić information content (AvgIpc) is 3.21. The van der Waals surface area contributed by atoms with Crippen molar-refractivity contribution >= 4 is 22.6 Å². The van der Waals surface area contributed by atoms with Crippen LogP contribution in [-0.2, 0) is 11.2 Å². The molecule has 32 heavy (non-hydrogen) atoms. The van der Waals surface area contributed by atoms with Crippen LogP contribution in [0.4, 0.5) is 5.69 Å². The zero-order valence-corrected chi connectivity index (χ0v) is 18.9. The monoisotopic (exact) mass is 428 g/mol. The Bertz CT molecular complexity index is 1230. The van der Waals surface area contributed by atoms with Gasteiger partial charge in [0.15, 0.2) is 6.61 Å². The van der Waals surface area contributed by atoms with Gasteiger partial charge in [0, 0.05) is 5.69 Å². The number of nitrogens with zero attached hydrogens (tertiary/aromatic N) is 3. The van der Waals surface area contributed by atoms with Crippen LogP contribution in [-0.4, -0.2) is 27.5 Å². The smallest absolute Gasteiger partial charge is 0.262 e. The van der Waals surface area contributed by atoms with Crippen LogP contribution < -0.4 is 10.1 Å². The third kappa shape index (κ3) is 4.80. The van der Waals surface area contributed by atoms with Crippen molar-refractivity contribution in [1.82, 2.24) is 15.0 Å². The molecule has 0 spiro atoms. The molecule has 0 aliphatic rings. The molecule has 4 aromatic rings. The molecule has 4 rings (SSSR count). The quantitative estimate of drug-likeness (QED) is 0.426. The number of carbonyl (C=O) groups is 1. The van der Waals surface area contributed by atoms with Crippen LogP contribution in [0.3, 0.4) is 0 Å². The fraction of sp³-hybridized carbons (Fsp3) is 0.269. The van der Waals surface area contributed by atoms with Gasteiger partial charge in [-0.25, -0.2) is 0 Å². The number of anilines is 1. The van der Waals surface area contributed by atoms with Crippen LogP contribution >= 0.6 is 0 Å². The van der Waals surface area contributed by atoms with Crippen molar-refractivity contribution in [2.45, 2.75) is 40.0 Å². The van der Waals surface area contributed by atoms with Crippen molar-refractivity contribution in [2.75, 3.05) is 11.9 Å². The lowest BCUT2D eigenvalue weighted by molar-refractivity contribution is -0.118. The first-order valence-electron chi connectivity index (χ1n) is 10.9. The van der Waals surface area contributed by atoms with E-state index in [2.05, 4.69) is 48.4 Å². The van der Waals surface area contributed by atoms with Crippen molar-refractivity contribution in [1.29, 1.82) is 0 Å². The highest BCUT2D eigenvalue weighted by Crippen LogP contribution is 2.23. The molecule has 0 aliphatic heterocycles. The Labute approximate surface area is 188 Å². The number of fused-ring (bicyclic) bond motifs is 1. The molecule has 0 radical (unpaired) electrons. The van der Waals surface area contributed by atoms with E-state index in [0.29, 0.717) is 17.4 Å². The van der Waals surface area contributed by atoms with Crippen LogP contribution in [0.15, 0.2) is 60.7 Å². The van der Waals surface area contributed by atoms with Gasteiger partial charge in [0.05, 0.1) is 5.69 Å². The van der Waals surface area contributed by atoms with Gasteiger partial charge >= 0.3 is 0 Å². The van der Waals surface area contributed by atoms with Crippen molar-refractivity contribution in [2.24, 2.45) is 0 Å². The van der Waals surface area contributed by atoms with Crippen molar-refractivity contribution in [3.05, 3.63) is 77.4 Å². The van der Waals surface area contributed by atoms with E-state index in [-0.39, 0.29) is 12.5 Å². The van der Waals surface area contributed by atoms with Crippen LogP contribution in [0.2, 0.25) is 0 Å². The largest absolute Gasteiger partial charge is 0.484 e. The molecule has 1 amide bonds. The predicted molar refractivity (Wildman–Crippen MR) is 128 cm³/mol. The van der Waals surface area contributed by atoms with E-state index in [1.807, 2.05) is 55.5 Å². The summed E-state index contributed by atoms with van der Waals surface area (Å²) in [4.78, 5) is 14.1. The molecular formula is C26H28N4O2. The molecule has 1 heterocycles. The number of amides is 1. The van der Waals surface area contributed by atoms with Crippen molar-refractivity contribution in [3.8, 4) is 11.4 Å². The van der Waals surface area contributed by atoms with Gasteiger partial charge in [-0.2, -0.15) is 4.80 Å². The van der Waals surface area contributed by atoms with Crippen LogP contribution in [0.5, 0.6) is 5.75 Å². The molecule has 0 bridgehead atoms. The molecule has 0 fully saturated rings.